The van der Waals surface area contributed by atoms with Crippen LogP contribution >= 0.6 is 15.9 Å². The van der Waals surface area contributed by atoms with Crippen molar-refractivity contribution < 1.29 is 8.81 Å². The molecule has 0 unspecified atom stereocenters. The van der Waals surface area contributed by atoms with Crippen molar-refractivity contribution in [1.29, 1.82) is 0 Å². The van der Waals surface area contributed by atoms with Gasteiger partial charge in [0.05, 0.1) is 0 Å². The Morgan fingerprint density at radius 1 is 1.50 bits per heavy atom. The van der Waals surface area contributed by atoms with Gasteiger partial charge in [-0.1, -0.05) is 22.9 Å². The molecule has 0 saturated heterocycles. The van der Waals surface area contributed by atoms with E-state index < -0.39 is 0 Å². The van der Waals surface area contributed by atoms with Crippen molar-refractivity contribution in [1.82, 2.24) is 4.98 Å². The summed E-state index contributed by atoms with van der Waals surface area (Å²) in [4.78, 5) is 4.19. The van der Waals surface area contributed by atoms with E-state index in [-0.39, 0.29) is 11.4 Å². The Kier molecular flexibility index (Phi) is 2.54. The Balaban J connectivity index is 2.58. The van der Waals surface area contributed by atoms with Crippen molar-refractivity contribution in [2.75, 3.05) is 0 Å². The number of fused-ring (bicyclic) bond motifs is 1. The molecule has 4 heteroatoms. The van der Waals surface area contributed by atoms with Crippen LogP contribution in [0.3, 0.4) is 0 Å². The first-order chi connectivity index (χ1) is 6.70. The van der Waals surface area contributed by atoms with E-state index in [0.29, 0.717) is 15.9 Å². The maximum absolute atomic E-state index is 13.3. The van der Waals surface area contributed by atoms with Crippen LogP contribution in [0.1, 0.15) is 19.2 Å². The van der Waals surface area contributed by atoms with E-state index in [1.807, 2.05) is 6.92 Å². The van der Waals surface area contributed by atoms with Gasteiger partial charge in [-0.15, -0.1) is 0 Å². The Hall–Kier alpha value is -0.900. The molecule has 2 aromatic rings. The third kappa shape index (κ3) is 1.66. The lowest BCUT2D eigenvalue weighted by molar-refractivity contribution is 0.502. The third-order valence-electron chi connectivity index (χ3n) is 1.92. The van der Waals surface area contributed by atoms with E-state index in [0.717, 1.165) is 12.8 Å². The predicted octanol–water partition coefficient (Wildman–Crippen LogP) is 3.68. The van der Waals surface area contributed by atoms with E-state index in [1.165, 1.54) is 6.07 Å². The van der Waals surface area contributed by atoms with Gasteiger partial charge >= 0.3 is 0 Å². The highest BCUT2D eigenvalue weighted by Gasteiger charge is 2.10. The maximum atomic E-state index is 13.3. The Morgan fingerprint density at radius 2 is 2.29 bits per heavy atom. The Morgan fingerprint density at radius 3 is 3.00 bits per heavy atom. The summed E-state index contributed by atoms with van der Waals surface area (Å²) in [6, 6.07) is 3.13. The molecule has 1 aromatic carbocycles. The summed E-state index contributed by atoms with van der Waals surface area (Å²) in [6.45, 7) is 2.03. The van der Waals surface area contributed by atoms with E-state index in [9.17, 15) is 4.39 Å². The van der Waals surface area contributed by atoms with Crippen LogP contribution in [-0.4, -0.2) is 4.98 Å². The first-order valence-electron chi connectivity index (χ1n) is 4.45. The molecule has 14 heavy (non-hydrogen) atoms. The SMILES string of the molecule is CCCc1nc2cc(Br)cc(F)c2o1. The molecule has 74 valence electrons. The smallest absolute Gasteiger partial charge is 0.195 e. The molecule has 0 bridgehead atoms. The van der Waals surface area contributed by atoms with Gasteiger partial charge in [-0.2, -0.15) is 0 Å². The molecule has 0 aliphatic carbocycles. The minimum atomic E-state index is -0.371. The minimum absolute atomic E-state index is 0.247. The molecule has 1 heterocycles. The molecular weight excluding hydrogens is 249 g/mol. The number of aryl methyl sites for hydroxylation is 1. The number of benzene rings is 1. The fraction of sp³-hybridized carbons (Fsp3) is 0.300. The molecule has 0 radical (unpaired) electrons. The first kappa shape index (κ1) is 9.65. The van der Waals surface area contributed by atoms with Gasteiger partial charge in [0, 0.05) is 10.9 Å². The quantitative estimate of drug-likeness (QED) is 0.821. The average Bonchev–Trinajstić information content (AvgIpc) is 2.48. The summed E-state index contributed by atoms with van der Waals surface area (Å²) < 4.78 is 19.3. The third-order valence-corrected chi connectivity index (χ3v) is 2.38. The number of rotatable bonds is 2. The summed E-state index contributed by atoms with van der Waals surface area (Å²) >= 11 is 3.21. The Bertz CT molecular complexity index is 466. The number of halogens is 2. The number of aromatic nitrogens is 1. The highest BCUT2D eigenvalue weighted by atomic mass is 79.9. The second kappa shape index (κ2) is 3.69. The monoisotopic (exact) mass is 257 g/mol. The molecule has 0 N–H and O–H groups in total. The van der Waals surface area contributed by atoms with Gasteiger partial charge in [-0.05, 0) is 18.6 Å². The first-order valence-corrected chi connectivity index (χ1v) is 5.24. The zero-order valence-corrected chi connectivity index (χ0v) is 9.27. The zero-order chi connectivity index (χ0) is 10.1. The van der Waals surface area contributed by atoms with Crippen LogP contribution < -0.4 is 0 Å². The highest BCUT2D eigenvalue weighted by Crippen LogP contribution is 2.24. The molecule has 2 nitrogen and oxygen atoms in total. The van der Waals surface area contributed by atoms with Crippen molar-refractivity contribution in [2.45, 2.75) is 19.8 Å². The highest BCUT2D eigenvalue weighted by molar-refractivity contribution is 9.10. The average molecular weight is 258 g/mol. The van der Waals surface area contributed by atoms with E-state index in [2.05, 4.69) is 20.9 Å². The second-order valence-corrected chi connectivity index (χ2v) is 4.01. The van der Waals surface area contributed by atoms with Gasteiger partial charge in [0.15, 0.2) is 17.3 Å². The van der Waals surface area contributed by atoms with Crippen LogP contribution in [0.4, 0.5) is 4.39 Å². The van der Waals surface area contributed by atoms with Crippen molar-refractivity contribution in [3.05, 3.63) is 28.3 Å². The fourth-order valence-electron chi connectivity index (χ4n) is 1.33. The number of hydrogen-bond acceptors (Lipinski definition) is 2. The van der Waals surface area contributed by atoms with Crippen LogP contribution in [0, 0.1) is 5.82 Å². The number of nitrogens with zero attached hydrogens (tertiary/aromatic N) is 1. The van der Waals surface area contributed by atoms with Gasteiger partial charge in [-0.3, -0.25) is 0 Å². The van der Waals surface area contributed by atoms with E-state index in [1.54, 1.807) is 6.07 Å². The normalized spacial score (nSPS) is 11.1. The van der Waals surface area contributed by atoms with E-state index in [4.69, 9.17) is 4.42 Å². The van der Waals surface area contributed by atoms with E-state index >= 15 is 0 Å². The van der Waals surface area contributed by atoms with Gasteiger partial charge < -0.3 is 4.42 Å². The lowest BCUT2D eigenvalue weighted by Gasteiger charge is -1.90. The van der Waals surface area contributed by atoms with Crippen molar-refractivity contribution >= 4 is 27.0 Å². The largest absolute Gasteiger partial charge is 0.438 e. The lowest BCUT2D eigenvalue weighted by Crippen LogP contribution is -1.80. The number of oxazole rings is 1. The van der Waals surface area contributed by atoms with Crippen LogP contribution in [0.5, 0.6) is 0 Å². The van der Waals surface area contributed by atoms with Crippen LogP contribution in [0.2, 0.25) is 0 Å². The van der Waals surface area contributed by atoms with Gasteiger partial charge in [0.1, 0.15) is 5.52 Å². The zero-order valence-electron chi connectivity index (χ0n) is 7.68. The topological polar surface area (TPSA) is 26.0 Å². The summed E-state index contributed by atoms with van der Waals surface area (Å²) in [6.07, 6.45) is 1.68. The van der Waals surface area contributed by atoms with Crippen molar-refractivity contribution in [3.8, 4) is 0 Å². The minimum Gasteiger partial charge on any atom is -0.438 e. The van der Waals surface area contributed by atoms with Gasteiger partial charge in [0.2, 0.25) is 0 Å². The standard InChI is InChI=1S/C10H9BrFNO/c1-2-3-9-13-8-5-6(11)4-7(12)10(8)14-9/h4-5H,2-3H2,1H3. The fourth-order valence-corrected chi connectivity index (χ4v) is 1.74. The molecule has 0 amide bonds. The lowest BCUT2D eigenvalue weighted by atomic mass is 10.3. The molecule has 0 atom stereocenters. The summed E-state index contributed by atoms with van der Waals surface area (Å²) in [5.74, 6) is 0.226. The molecule has 0 aliphatic heterocycles. The van der Waals surface area contributed by atoms with Crippen LogP contribution in [0.15, 0.2) is 21.0 Å². The van der Waals surface area contributed by atoms with Gasteiger partial charge in [-0.25, -0.2) is 9.37 Å². The molecule has 0 spiro atoms. The predicted molar refractivity (Wildman–Crippen MR) is 55.7 cm³/mol. The molecule has 0 saturated carbocycles. The van der Waals surface area contributed by atoms with Crippen molar-refractivity contribution in [3.63, 3.8) is 0 Å². The molecular formula is C10H9BrFNO. The summed E-state index contributed by atoms with van der Waals surface area (Å²) in [7, 11) is 0. The molecule has 0 aliphatic rings. The Labute approximate surface area is 89.3 Å². The summed E-state index contributed by atoms with van der Waals surface area (Å²) in [5, 5.41) is 0. The second-order valence-electron chi connectivity index (χ2n) is 3.09. The van der Waals surface area contributed by atoms with Crippen molar-refractivity contribution in [2.24, 2.45) is 0 Å². The van der Waals surface area contributed by atoms with Crippen LogP contribution in [0.25, 0.3) is 11.1 Å². The number of hydrogen-bond donors (Lipinski definition) is 0. The maximum Gasteiger partial charge on any atom is 0.195 e. The molecule has 1 aromatic heterocycles. The molecule has 2 rings (SSSR count). The molecule has 0 fully saturated rings. The van der Waals surface area contributed by atoms with Gasteiger partial charge in [0.25, 0.3) is 0 Å². The van der Waals surface area contributed by atoms with Crippen LogP contribution in [-0.2, 0) is 6.42 Å². The summed E-state index contributed by atoms with van der Waals surface area (Å²) in [5.41, 5.74) is 0.817.